The van der Waals surface area contributed by atoms with E-state index < -0.39 is 0 Å². The second-order valence-corrected chi connectivity index (χ2v) is 5.87. The number of anilines is 1. The Bertz CT molecular complexity index is 543. The maximum Gasteiger partial charge on any atom is 0.163 e. The summed E-state index contributed by atoms with van der Waals surface area (Å²) in [5.41, 5.74) is 0.953. The lowest BCUT2D eigenvalue weighted by atomic mass is 9.71. The zero-order chi connectivity index (χ0) is 12.8. The molecule has 1 aromatic carbocycles. The van der Waals surface area contributed by atoms with Gasteiger partial charge in [-0.2, -0.15) is 0 Å². The zero-order valence-corrected chi connectivity index (χ0v) is 11.3. The van der Waals surface area contributed by atoms with Crippen molar-refractivity contribution in [2.24, 2.45) is 11.8 Å². The number of halogens is 1. The first kappa shape index (κ1) is 11.5. The summed E-state index contributed by atoms with van der Waals surface area (Å²) in [6, 6.07) is 4.31. The molecule has 1 fully saturated rings. The van der Waals surface area contributed by atoms with Gasteiger partial charge in [-0.1, -0.05) is 23.8 Å². The van der Waals surface area contributed by atoms with Crippen LogP contribution in [0.15, 0.2) is 24.3 Å². The molecule has 0 amide bonds. The molecule has 3 aliphatic rings. The molecular formula is C15H16ClNO2. The number of hydrogen-bond acceptors (Lipinski definition) is 3. The van der Waals surface area contributed by atoms with Crippen molar-refractivity contribution in [1.29, 1.82) is 0 Å². The minimum atomic E-state index is 0.504. The molecule has 0 spiro atoms. The number of fused-ring (bicyclic) bond motifs is 2. The molecule has 4 heteroatoms. The molecule has 3 unspecified atom stereocenters. The smallest absolute Gasteiger partial charge is 0.163 e. The van der Waals surface area contributed by atoms with Crippen molar-refractivity contribution in [1.82, 2.24) is 0 Å². The predicted octanol–water partition coefficient (Wildman–Crippen LogP) is 3.49. The van der Waals surface area contributed by atoms with Gasteiger partial charge in [-0.25, -0.2) is 0 Å². The summed E-state index contributed by atoms with van der Waals surface area (Å²) in [5, 5.41) is 4.25. The van der Waals surface area contributed by atoms with E-state index in [9.17, 15) is 0 Å². The van der Waals surface area contributed by atoms with E-state index in [2.05, 4.69) is 17.5 Å². The second-order valence-electron chi connectivity index (χ2n) is 5.46. The molecular weight excluding hydrogens is 262 g/mol. The van der Waals surface area contributed by atoms with Crippen LogP contribution >= 0.6 is 11.6 Å². The van der Waals surface area contributed by atoms with Crippen LogP contribution in [0.4, 0.5) is 5.69 Å². The van der Waals surface area contributed by atoms with Crippen molar-refractivity contribution in [3.05, 3.63) is 29.3 Å². The summed E-state index contributed by atoms with van der Waals surface area (Å²) in [6.45, 7) is 1.19. The van der Waals surface area contributed by atoms with Crippen LogP contribution in [0, 0.1) is 11.8 Å². The Morgan fingerprint density at radius 1 is 1.16 bits per heavy atom. The van der Waals surface area contributed by atoms with Crippen molar-refractivity contribution < 1.29 is 9.47 Å². The first-order chi connectivity index (χ1) is 9.31. The third-order valence-corrected chi connectivity index (χ3v) is 4.65. The molecule has 0 aromatic heterocycles. The number of hydrogen-bond donors (Lipinski definition) is 1. The fraction of sp³-hybridized carbons (Fsp3) is 0.467. The maximum absolute atomic E-state index is 6.31. The van der Waals surface area contributed by atoms with E-state index in [1.54, 1.807) is 0 Å². The van der Waals surface area contributed by atoms with Crippen LogP contribution in [0.5, 0.6) is 11.5 Å². The number of ether oxygens (including phenoxy) is 2. The number of rotatable bonds is 2. The van der Waals surface area contributed by atoms with Crippen LogP contribution in [0.2, 0.25) is 5.02 Å². The fourth-order valence-electron chi connectivity index (χ4n) is 3.26. The van der Waals surface area contributed by atoms with Gasteiger partial charge in [0.1, 0.15) is 13.2 Å². The molecule has 0 bridgehead atoms. The van der Waals surface area contributed by atoms with Crippen molar-refractivity contribution in [3.63, 3.8) is 0 Å². The van der Waals surface area contributed by atoms with Crippen LogP contribution in [-0.2, 0) is 0 Å². The van der Waals surface area contributed by atoms with E-state index in [1.807, 2.05) is 12.1 Å². The van der Waals surface area contributed by atoms with Gasteiger partial charge in [0, 0.05) is 24.1 Å². The van der Waals surface area contributed by atoms with Crippen LogP contribution < -0.4 is 14.8 Å². The Kier molecular flexibility index (Phi) is 2.62. The van der Waals surface area contributed by atoms with E-state index in [1.165, 1.54) is 12.8 Å². The Labute approximate surface area is 117 Å². The SMILES string of the molecule is Clc1cc2c(cc1NC1CC3CC=CC31)OCCO2. The third-order valence-electron chi connectivity index (χ3n) is 4.34. The van der Waals surface area contributed by atoms with Crippen molar-refractivity contribution >= 4 is 17.3 Å². The maximum atomic E-state index is 6.31. The van der Waals surface area contributed by atoms with Crippen LogP contribution in [0.25, 0.3) is 0 Å². The Morgan fingerprint density at radius 2 is 1.95 bits per heavy atom. The first-order valence-corrected chi connectivity index (χ1v) is 7.21. The molecule has 1 saturated carbocycles. The third kappa shape index (κ3) is 1.88. The second kappa shape index (κ2) is 4.34. The lowest BCUT2D eigenvalue weighted by Crippen LogP contribution is -2.43. The molecule has 0 radical (unpaired) electrons. The van der Waals surface area contributed by atoms with Gasteiger partial charge in [0.2, 0.25) is 0 Å². The van der Waals surface area contributed by atoms with Crippen LogP contribution in [0.1, 0.15) is 12.8 Å². The quantitative estimate of drug-likeness (QED) is 0.840. The van der Waals surface area contributed by atoms with Crippen molar-refractivity contribution in [2.75, 3.05) is 18.5 Å². The van der Waals surface area contributed by atoms with Gasteiger partial charge in [-0.05, 0) is 18.8 Å². The summed E-state index contributed by atoms with van der Waals surface area (Å²) in [7, 11) is 0. The van der Waals surface area contributed by atoms with Crippen LogP contribution in [0.3, 0.4) is 0 Å². The number of nitrogens with one attached hydrogen (secondary N) is 1. The van der Waals surface area contributed by atoms with E-state index in [0.29, 0.717) is 30.2 Å². The molecule has 0 saturated heterocycles. The van der Waals surface area contributed by atoms with Gasteiger partial charge >= 0.3 is 0 Å². The van der Waals surface area contributed by atoms with E-state index in [-0.39, 0.29) is 0 Å². The molecule has 19 heavy (non-hydrogen) atoms. The van der Waals surface area contributed by atoms with Gasteiger partial charge in [0.15, 0.2) is 11.5 Å². The highest BCUT2D eigenvalue weighted by Gasteiger charge is 2.41. The summed E-state index contributed by atoms with van der Waals surface area (Å²) in [6.07, 6.45) is 7.08. The summed E-state index contributed by atoms with van der Waals surface area (Å²) in [4.78, 5) is 0. The van der Waals surface area contributed by atoms with E-state index in [4.69, 9.17) is 21.1 Å². The largest absolute Gasteiger partial charge is 0.486 e. The minimum Gasteiger partial charge on any atom is -0.486 e. The van der Waals surface area contributed by atoms with Crippen LogP contribution in [-0.4, -0.2) is 19.3 Å². The van der Waals surface area contributed by atoms with Gasteiger partial charge in [0.25, 0.3) is 0 Å². The molecule has 3 nitrogen and oxygen atoms in total. The normalized spacial score (nSPS) is 30.7. The Balaban J connectivity index is 1.56. The first-order valence-electron chi connectivity index (χ1n) is 6.83. The highest BCUT2D eigenvalue weighted by atomic mass is 35.5. The topological polar surface area (TPSA) is 30.5 Å². The lowest BCUT2D eigenvalue weighted by molar-refractivity contribution is 0.171. The average molecular weight is 278 g/mol. The predicted molar refractivity (Wildman–Crippen MR) is 75.2 cm³/mol. The van der Waals surface area contributed by atoms with E-state index >= 15 is 0 Å². The summed E-state index contributed by atoms with van der Waals surface area (Å²) >= 11 is 6.31. The zero-order valence-electron chi connectivity index (χ0n) is 10.6. The van der Waals surface area contributed by atoms with Gasteiger partial charge in [0.05, 0.1) is 10.7 Å². The minimum absolute atomic E-state index is 0.504. The standard InChI is InChI=1S/C15H16ClNO2/c16-11-7-14-15(19-5-4-18-14)8-13(11)17-12-6-9-2-1-3-10(9)12/h1,3,7-10,12,17H,2,4-6H2. The van der Waals surface area contributed by atoms with Gasteiger partial charge in [-0.15, -0.1) is 0 Å². The van der Waals surface area contributed by atoms with E-state index in [0.717, 1.165) is 23.1 Å². The molecule has 1 N–H and O–H groups in total. The fourth-order valence-corrected chi connectivity index (χ4v) is 3.47. The Hall–Kier alpha value is -1.35. The summed E-state index contributed by atoms with van der Waals surface area (Å²) < 4.78 is 11.1. The average Bonchev–Trinajstić information content (AvgIpc) is 2.77. The molecule has 1 aromatic rings. The highest BCUT2D eigenvalue weighted by molar-refractivity contribution is 6.33. The molecule has 1 aliphatic heterocycles. The highest BCUT2D eigenvalue weighted by Crippen LogP contribution is 2.46. The number of benzene rings is 1. The molecule has 3 atom stereocenters. The molecule has 2 aliphatic carbocycles. The van der Waals surface area contributed by atoms with Gasteiger partial charge < -0.3 is 14.8 Å². The van der Waals surface area contributed by atoms with Gasteiger partial charge in [-0.3, -0.25) is 0 Å². The molecule has 1 heterocycles. The Morgan fingerprint density at radius 3 is 2.74 bits per heavy atom. The molecule has 4 rings (SSSR count). The van der Waals surface area contributed by atoms with Crippen molar-refractivity contribution in [3.8, 4) is 11.5 Å². The lowest BCUT2D eigenvalue weighted by Gasteiger charge is -2.41. The summed E-state index contributed by atoms with van der Waals surface area (Å²) in [5.74, 6) is 3.04. The monoisotopic (exact) mass is 277 g/mol. The van der Waals surface area contributed by atoms with Crippen molar-refractivity contribution in [2.45, 2.75) is 18.9 Å². The number of allylic oxidation sites excluding steroid dienone is 1. The molecule has 100 valence electrons.